The van der Waals surface area contributed by atoms with Gasteiger partial charge in [-0.15, -0.1) is 0 Å². The molecule has 0 bridgehead atoms. The average Bonchev–Trinajstić information content (AvgIpc) is 2.89. The van der Waals surface area contributed by atoms with E-state index in [1.54, 1.807) is 7.05 Å². The van der Waals surface area contributed by atoms with Gasteiger partial charge in [-0.25, -0.2) is 14.4 Å². The second kappa shape index (κ2) is 10.9. The number of carbonyl (C=O) groups excluding carboxylic acids is 2. The lowest BCUT2D eigenvalue weighted by molar-refractivity contribution is 0.0490. The number of piperazine rings is 1. The van der Waals surface area contributed by atoms with Gasteiger partial charge < -0.3 is 15.1 Å². The van der Waals surface area contributed by atoms with Crippen LogP contribution < -0.4 is 10.2 Å². The second-order valence-electron chi connectivity index (χ2n) is 9.14. The summed E-state index contributed by atoms with van der Waals surface area (Å²) >= 11 is 5.87. The van der Waals surface area contributed by atoms with Crippen LogP contribution in [-0.2, 0) is 0 Å². The van der Waals surface area contributed by atoms with Crippen LogP contribution in [0.4, 0.5) is 10.2 Å². The van der Waals surface area contributed by atoms with Crippen molar-refractivity contribution in [2.24, 2.45) is 0 Å². The van der Waals surface area contributed by atoms with Gasteiger partial charge in [0, 0.05) is 57.4 Å². The monoisotopic (exact) mass is 502 g/mol. The molecule has 1 aromatic heterocycles. The number of benzene rings is 1. The molecule has 1 aromatic carbocycles. The zero-order valence-corrected chi connectivity index (χ0v) is 21.2. The molecule has 4 rings (SSSR count). The van der Waals surface area contributed by atoms with Crippen LogP contribution in [0.2, 0.25) is 5.02 Å². The fourth-order valence-corrected chi connectivity index (χ4v) is 5.32. The second-order valence-corrected chi connectivity index (χ2v) is 9.55. The molecule has 2 aromatic rings. The van der Waals surface area contributed by atoms with E-state index < -0.39 is 5.82 Å². The van der Waals surface area contributed by atoms with Gasteiger partial charge in [-0.2, -0.15) is 0 Å². The number of hydrogen-bond acceptors (Lipinski definition) is 6. The number of rotatable bonds is 5. The average molecular weight is 503 g/mol. The number of anilines is 1. The summed E-state index contributed by atoms with van der Waals surface area (Å²) < 4.78 is 13.5. The molecule has 0 saturated carbocycles. The van der Waals surface area contributed by atoms with Crippen LogP contribution in [0.1, 0.15) is 52.7 Å². The largest absolute Gasteiger partial charge is 0.354 e. The number of aromatic nitrogens is 2. The smallest absolute Gasteiger partial charge is 0.271 e. The van der Waals surface area contributed by atoms with Gasteiger partial charge in [0.1, 0.15) is 17.3 Å². The Labute approximate surface area is 210 Å². The van der Waals surface area contributed by atoms with Crippen LogP contribution in [-0.4, -0.2) is 83.4 Å². The lowest BCUT2D eigenvalue weighted by atomic mass is 9.97. The van der Waals surface area contributed by atoms with Crippen LogP contribution in [0.3, 0.4) is 0 Å². The maximum Gasteiger partial charge on any atom is 0.271 e. The highest BCUT2D eigenvalue weighted by molar-refractivity contribution is 6.31. The summed E-state index contributed by atoms with van der Waals surface area (Å²) in [5, 5.41) is 2.55. The highest BCUT2D eigenvalue weighted by Gasteiger charge is 2.35. The van der Waals surface area contributed by atoms with Crippen LogP contribution in [0.5, 0.6) is 0 Å². The van der Waals surface area contributed by atoms with Crippen LogP contribution in [0, 0.1) is 12.7 Å². The lowest BCUT2D eigenvalue weighted by Crippen LogP contribution is -2.59. The van der Waals surface area contributed by atoms with Gasteiger partial charge in [0.2, 0.25) is 0 Å². The summed E-state index contributed by atoms with van der Waals surface area (Å²) in [6.45, 7) is 8.01. The molecule has 188 valence electrons. The minimum Gasteiger partial charge on any atom is -0.354 e. The molecule has 10 heteroatoms. The van der Waals surface area contributed by atoms with Gasteiger partial charge in [0.15, 0.2) is 0 Å². The predicted molar refractivity (Wildman–Crippen MR) is 133 cm³/mol. The van der Waals surface area contributed by atoms with Gasteiger partial charge in [-0.05, 0) is 44.4 Å². The molecule has 8 nitrogen and oxygen atoms in total. The molecule has 35 heavy (non-hydrogen) atoms. The standard InChI is InChI=1S/C25H32ClFN6O2/c1-4-18-15-32(23-16(2)30-22(14-29-23)24(34)28-3)11-12-33(18)19-7-9-31(10-8-19)25(35)17-5-6-21(27)20(26)13-17/h5-6,13-14,18-19H,4,7-12,15H2,1-3H3,(H,28,34)/t18-/m0/s1. The molecule has 2 aliphatic heterocycles. The summed E-state index contributed by atoms with van der Waals surface area (Å²) in [6.07, 6.45) is 4.34. The summed E-state index contributed by atoms with van der Waals surface area (Å²) in [7, 11) is 1.58. The van der Waals surface area contributed by atoms with Crippen molar-refractivity contribution in [3.05, 3.63) is 52.2 Å². The van der Waals surface area contributed by atoms with Crippen molar-refractivity contribution in [2.75, 3.05) is 44.7 Å². The fraction of sp³-hybridized carbons (Fsp3) is 0.520. The van der Waals surface area contributed by atoms with Crippen molar-refractivity contribution >= 4 is 29.2 Å². The van der Waals surface area contributed by atoms with Crippen molar-refractivity contribution < 1.29 is 14.0 Å². The van der Waals surface area contributed by atoms with E-state index in [-0.39, 0.29) is 16.8 Å². The first kappa shape index (κ1) is 25.3. The number of halogens is 2. The highest BCUT2D eigenvalue weighted by Crippen LogP contribution is 2.27. The number of aryl methyl sites for hydroxylation is 1. The summed E-state index contributed by atoms with van der Waals surface area (Å²) in [5.74, 6) is -0.0309. The maximum absolute atomic E-state index is 13.5. The van der Waals surface area contributed by atoms with Gasteiger partial charge in [-0.1, -0.05) is 18.5 Å². The van der Waals surface area contributed by atoms with Crippen molar-refractivity contribution in [3.8, 4) is 0 Å². The van der Waals surface area contributed by atoms with E-state index in [1.807, 2.05) is 11.8 Å². The molecular formula is C25H32ClFN6O2. The van der Waals surface area contributed by atoms with E-state index in [0.29, 0.717) is 36.4 Å². The zero-order valence-electron chi connectivity index (χ0n) is 20.4. The van der Waals surface area contributed by atoms with Gasteiger partial charge in [0.25, 0.3) is 11.8 Å². The first-order valence-electron chi connectivity index (χ1n) is 12.1. The molecular weight excluding hydrogens is 471 g/mol. The molecule has 0 aliphatic carbocycles. The molecule has 0 unspecified atom stereocenters. The number of amides is 2. The third-order valence-corrected chi connectivity index (χ3v) is 7.36. The predicted octanol–water partition coefficient (Wildman–Crippen LogP) is 3.14. The summed E-state index contributed by atoms with van der Waals surface area (Å²) in [4.78, 5) is 40.4. The normalized spacial score (nSPS) is 19.6. The summed E-state index contributed by atoms with van der Waals surface area (Å²) in [6, 6.07) is 4.92. The Morgan fingerprint density at radius 2 is 1.94 bits per heavy atom. The molecule has 1 atom stereocenters. The first-order chi connectivity index (χ1) is 16.8. The molecule has 3 heterocycles. The minimum atomic E-state index is -0.518. The number of piperidine rings is 1. The Morgan fingerprint density at radius 3 is 2.57 bits per heavy atom. The Hall–Kier alpha value is -2.78. The topological polar surface area (TPSA) is 81.7 Å². The van der Waals surface area contributed by atoms with E-state index in [1.165, 1.54) is 24.4 Å². The van der Waals surface area contributed by atoms with Gasteiger partial charge in [0.05, 0.1) is 16.9 Å². The fourth-order valence-electron chi connectivity index (χ4n) is 5.14. The van der Waals surface area contributed by atoms with Gasteiger partial charge >= 0.3 is 0 Å². The van der Waals surface area contributed by atoms with Crippen molar-refractivity contribution in [1.82, 2.24) is 25.1 Å². The molecule has 2 aliphatic rings. The Balaban J connectivity index is 1.37. The van der Waals surface area contributed by atoms with E-state index >= 15 is 0 Å². The zero-order chi connectivity index (χ0) is 25.1. The molecule has 2 saturated heterocycles. The van der Waals surface area contributed by atoms with Crippen molar-refractivity contribution in [2.45, 2.75) is 45.2 Å². The maximum atomic E-state index is 13.5. The number of likely N-dealkylation sites (tertiary alicyclic amines) is 1. The summed E-state index contributed by atoms with van der Waals surface area (Å²) in [5.41, 5.74) is 1.50. The SMILES string of the molecule is CC[C@H]1CN(c2ncc(C(=O)NC)nc2C)CCN1C1CCN(C(=O)c2ccc(F)c(Cl)c2)CC1. The van der Waals surface area contributed by atoms with Crippen LogP contribution >= 0.6 is 11.6 Å². The quantitative estimate of drug-likeness (QED) is 0.676. The first-order valence-corrected chi connectivity index (χ1v) is 12.5. The molecule has 2 fully saturated rings. The molecule has 1 N–H and O–H groups in total. The van der Waals surface area contributed by atoms with E-state index in [0.717, 1.165) is 50.4 Å². The van der Waals surface area contributed by atoms with E-state index in [9.17, 15) is 14.0 Å². The molecule has 0 radical (unpaired) electrons. The molecule has 0 spiro atoms. The Bertz CT molecular complexity index is 1090. The Morgan fingerprint density at radius 1 is 1.20 bits per heavy atom. The number of nitrogens with zero attached hydrogens (tertiary/aromatic N) is 5. The van der Waals surface area contributed by atoms with E-state index in [4.69, 9.17) is 11.6 Å². The number of hydrogen-bond donors (Lipinski definition) is 1. The van der Waals surface area contributed by atoms with Crippen LogP contribution in [0.15, 0.2) is 24.4 Å². The van der Waals surface area contributed by atoms with Crippen LogP contribution in [0.25, 0.3) is 0 Å². The minimum absolute atomic E-state index is 0.0300. The number of carbonyl (C=O) groups is 2. The Kier molecular flexibility index (Phi) is 7.86. The number of nitrogens with one attached hydrogen (secondary N) is 1. The third-order valence-electron chi connectivity index (χ3n) is 7.07. The lowest BCUT2D eigenvalue weighted by Gasteiger charge is -2.47. The van der Waals surface area contributed by atoms with Crippen molar-refractivity contribution in [3.63, 3.8) is 0 Å². The third kappa shape index (κ3) is 5.41. The van der Waals surface area contributed by atoms with Crippen molar-refractivity contribution in [1.29, 1.82) is 0 Å². The van der Waals surface area contributed by atoms with Gasteiger partial charge in [-0.3, -0.25) is 14.5 Å². The molecule has 2 amide bonds. The highest BCUT2D eigenvalue weighted by atomic mass is 35.5. The van der Waals surface area contributed by atoms with E-state index in [2.05, 4.69) is 32.0 Å².